The Morgan fingerprint density at radius 3 is 2.30 bits per heavy atom. The first-order valence-electron chi connectivity index (χ1n) is 10.5. The summed E-state index contributed by atoms with van der Waals surface area (Å²) in [6.07, 6.45) is 5.18. The Bertz CT molecular complexity index is 676. The summed E-state index contributed by atoms with van der Waals surface area (Å²) in [5.74, 6) is 0.227. The highest BCUT2D eigenvalue weighted by Crippen LogP contribution is 2.45. The molecule has 0 aromatic heterocycles. The Morgan fingerprint density at radius 2 is 1.67 bits per heavy atom. The van der Waals surface area contributed by atoms with Gasteiger partial charge in [-0.3, -0.25) is 4.79 Å². The van der Waals surface area contributed by atoms with Crippen molar-refractivity contribution in [2.45, 2.75) is 44.9 Å². The maximum Gasteiger partial charge on any atom is 0.319 e. The van der Waals surface area contributed by atoms with Gasteiger partial charge >= 0.3 is 6.03 Å². The monoisotopic (exact) mass is 369 g/mol. The molecule has 1 aromatic carbocycles. The lowest BCUT2D eigenvalue weighted by Crippen LogP contribution is -2.55. The lowest BCUT2D eigenvalue weighted by atomic mass is 9.67. The minimum atomic E-state index is -0.0410. The molecule has 3 aliphatic rings. The normalized spacial score (nSPS) is 25.3. The Morgan fingerprint density at radius 1 is 1.04 bits per heavy atom. The number of benzene rings is 1. The summed E-state index contributed by atoms with van der Waals surface area (Å²) in [5.41, 5.74) is 1.28. The lowest BCUT2D eigenvalue weighted by molar-refractivity contribution is -0.141. The van der Waals surface area contributed by atoms with E-state index in [0.29, 0.717) is 0 Å². The predicted molar refractivity (Wildman–Crippen MR) is 105 cm³/mol. The molecule has 1 atom stereocenters. The largest absolute Gasteiger partial charge is 0.342 e. The quantitative estimate of drug-likeness (QED) is 0.803. The minimum Gasteiger partial charge on any atom is -0.342 e. The molecule has 146 valence electrons. The second kappa shape index (κ2) is 7.53. The summed E-state index contributed by atoms with van der Waals surface area (Å²) < 4.78 is 0. The van der Waals surface area contributed by atoms with Gasteiger partial charge in [-0.25, -0.2) is 4.79 Å². The van der Waals surface area contributed by atoms with Crippen molar-refractivity contribution in [1.29, 1.82) is 0 Å². The third kappa shape index (κ3) is 3.56. The summed E-state index contributed by atoms with van der Waals surface area (Å²) in [4.78, 5) is 31.8. The highest BCUT2D eigenvalue weighted by molar-refractivity contribution is 5.84. The molecule has 0 aliphatic carbocycles. The van der Waals surface area contributed by atoms with Crippen molar-refractivity contribution in [2.24, 2.45) is 5.41 Å². The van der Waals surface area contributed by atoms with Crippen LogP contribution >= 0.6 is 0 Å². The van der Waals surface area contributed by atoms with Crippen molar-refractivity contribution in [3.8, 4) is 0 Å². The van der Waals surface area contributed by atoms with E-state index in [4.69, 9.17) is 0 Å². The molecule has 0 unspecified atom stereocenters. The molecule has 5 nitrogen and oxygen atoms in total. The van der Waals surface area contributed by atoms with Gasteiger partial charge in [0.15, 0.2) is 0 Å². The van der Waals surface area contributed by atoms with Gasteiger partial charge in [0.25, 0.3) is 0 Å². The molecule has 1 spiro atoms. The lowest BCUT2D eigenvalue weighted by Gasteiger charge is -2.50. The molecule has 0 N–H and O–H groups in total. The van der Waals surface area contributed by atoms with Crippen LogP contribution < -0.4 is 0 Å². The van der Waals surface area contributed by atoms with Crippen LogP contribution in [0.3, 0.4) is 0 Å². The van der Waals surface area contributed by atoms with Crippen molar-refractivity contribution in [3.63, 3.8) is 0 Å². The number of carbonyl (C=O) groups is 2. The zero-order chi connectivity index (χ0) is 18.9. The number of rotatable bonds is 2. The van der Waals surface area contributed by atoms with E-state index in [1.54, 1.807) is 0 Å². The van der Waals surface area contributed by atoms with Crippen LogP contribution in [0, 0.1) is 5.41 Å². The van der Waals surface area contributed by atoms with Gasteiger partial charge in [-0.05, 0) is 50.0 Å². The van der Waals surface area contributed by atoms with E-state index < -0.39 is 0 Å². The van der Waals surface area contributed by atoms with Gasteiger partial charge in [0.1, 0.15) is 0 Å². The number of likely N-dealkylation sites (N-methyl/N-ethyl adjacent to an activating group) is 1. The van der Waals surface area contributed by atoms with Crippen LogP contribution in [0.2, 0.25) is 0 Å². The van der Waals surface area contributed by atoms with E-state index in [2.05, 4.69) is 19.1 Å². The van der Waals surface area contributed by atoms with Crippen LogP contribution in [0.15, 0.2) is 30.3 Å². The predicted octanol–water partition coefficient (Wildman–Crippen LogP) is 3.32. The first kappa shape index (κ1) is 18.3. The SMILES string of the molecule is CCN1CC2(CCN(C(=O)N3CCCC3)CC2)C[C@H](c2ccccc2)C1=O. The summed E-state index contributed by atoms with van der Waals surface area (Å²) in [6.45, 7) is 7.15. The van der Waals surface area contributed by atoms with Crippen LogP contribution in [0.25, 0.3) is 0 Å². The highest BCUT2D eigenvalue weighted by Gasteiger charge is 2.46. The van der Waals surface area contributed by atoms with Crippen LogP contribution in [0.4, 0.5) is 4.79 Å². The molecule has 3 aliphatic heterocycles. The molecule has 3 saturated heterocycles. The average Bonchev–Trinajstić information content (AvgIpc) is 3.25. The van der Waals surface area contributed by atoms with Crippen LogP contribution in [0.1, 0.15) is 50.5 Å². The molecule has 3 heterocycles. The Labute approximate surface area is 162 Å². The van der Waals surface area contributed by atoms with Crippen molar-refractivity contribution in [3.05, 3.63) is 35.9 Å². The number of hydrogen-bond acceptors (Lipinski definition) is 2. The minimum absolute atomic E-state index is 0.0410. The van der Waals surface area contributed by atoms with E-state index in [-0.39, 0.29) is 23.3 Å². The van der Waals surface area contributed by atoms with E-state index in [0.717, 1.165) is 76.9 Å². The topological polar surface area (TPSA) is 43.9 Å². The smallest absolute Gasteiger partial charge is 0.319 e. The molecular weight excluding hydrogens is 338 g/mol. The third-order valence-electron chi connectivity index (χ3n) is 6.83. The van der Waals surface area contributed by atoms with Crippen LogP contribution in [0.5, 0.6) is 0 Å². The van der Waals surface area contributed by atoms with E-state index in [1.165, 1.54) is 0 Å². The first-order valence-corrected chi connectivity index (χ1v) is 10.5. The third-order valence-corrected chi connectivity index (χ3v) is 6.83. The standard InChI is InChI=1S/C22H31N3O2/c1-2-23-17-22(16-19(20(23)26)18-8-4-3-5-9-18)10-14-25(15-11-22)21(27)24-12-6-7-13-24/h3-5,8-9,19H,2,6-7,10-17H2,1H3/t19-/m1/s1. The molecule has 4 rings (SSSR count). The number of nitrogens with zero attached hydrogens (tertiary/aromatic N) is 3. The fourth-order valence-electron chi connectivity index (χ4n) is 5.14. The van der Waals surface area contributed by atoms with Gasteiger partial charge in [0, 0.05) is 39.3 Å². The van der Waals surface area contributed by atoms with Gasteiger partial charge < -0.3 is 14.7 Å². The molecule has 5 heteroatoms. The number of likely N-dealkylation sites (tertiary alicyclic amines) is 3. The summed E-state index contributed by atoms with van der Waals surface area (Å²) in [6, 6.07) is 10.5. The van der Waals surface area contributed by atoms with Crippen molar-refractivity contribution in [1.82, 2.24) is 14.7 Å². The van der Waals surface area contributed by atoms with Gasteiger partial charge in [0.2, 0.25) is 5.91 Å². The Kier molecular flexibility index (Phi) is 5.11. The maximum atomic E-state index is 13.0. The summed E-state index contributed by atoms with van der Waals surface area (Å²) in [5, 5.41) is 0. The van der Waals surface area contributed by atoms with E-state index in [1.807, 2.05) is 32.9 Å². The van der Waals surface area contributed by atoms with E-state index >= 15 is 0 Å². The second-order valence-electron chi connectivity index (χ2n) is 8.48. The summed E-state index contributed by atoms with van der Waals surface area (Å²) >= 11 is 0. The van der Waals surface area contributed by atoms with Gasteiger partial charge in [0.05, 0.1) is 5.92 Å². The van der Waals surface area contributed by atoms with Crippen LogP contribution in [-0.2, 0) is 4.79 Å². The molecule has 3 fully saturated rings. The summed E-state index contributed by atoms with van der Waals surface area (Å²) in [7, 11) is 0. The number of urea groups is 1. The molecule has 3 amide bonds. The fraction of sp³-hybridized carbons (Fsp3) is 0.636. The Balaban J connectivity index is 1.48. The number of amides is 3. The fourth-order valence-corrected chi connectivity index (χ4v) is 5.14. The maximum absolute atomic E-state index is 13.0. The average molecular weight is 370 g/mol. The zero-order valence-corrected chi connectivity index (χ0v) is 16.4. The Hall–Kier alpha value is -2.04. The van der Waals surface area contributed by atoms with Crippen LogP contribution in [-0.4, -0.2) is 65.9 Å². The molecule has 0 bridgehead atoms. The van der Waals surface area contributed by atoms with Crippen molar-refractivity contribution < 1.29 is 9.59 Å². The first-order chi connectivity index (χ1) is 13.1. The van der Waals surface area contributed by atoms with Gasteiger partial charge in [-0.15, -0.1) is 0 Å². The van der Waals surface area contributed by atoms with Gasteiger partial charge in [-0.1, -0.05) is 30.3 Å². The van der Waals surface area contributed by atoms with Crippen molar-refractivity contribution >= 4 is 11.9 Å². The number of piperidine rings is 2. The number of carbonyl (C=O) groups excluding carboxylic acids is 2. The molecular formula is C22H31N3O2. The second-order valence-corrected chi connectivity index (χ2v) is 8.48. The van der Waals surface area contributed by atoms with Crippen molar-refractivity contribution in [2.75, 3.05) is 39.3 Å². The molecule has 0 radical (unpaired) electrons. The molecule has 1 aromatic rings. The zero-order valence-electron chi connectivity index (χ0n) is 16.4. The molecule has 27 heavy (non-hydrogen) atoms. The highest BCUT2D eigenvalue weighted by atomic mass is 16.2. The number of hydrogen-bond donors (Lipinski definition) is 0. The van der Waals surface area contributed by atoms with E-state index in [9.17, 15) is 9.59 Å². The van der Waals surface area contributed by atoms with Gasteiger partial charge in [-0.2, -0.15) is 0 Å². The molecule has 0 saturated carbocycles.